The molecular formula is C21H22ClN5O3. The van der Waals surface area contributed by atoms with Crippen molar-refractivity contribution in [1.82, 2.24) is 19.8 Å². The van der Waals surface area contributed by atoms with Crippen molar-refractivity contribution in [3.05, 3.63) is 59.5 Å². The number of urea groups is 1. The highest BCUT2D eigenvalue weighted by atomic mass is 35.5. The van der Waals surface area contributed by atoms with Gasteiger partial charge in [-0.1, -0.05) is 11.6 Å². The number of methoxy groups -OCH3 is 1. The molecule has 2 aromatic heterocycles. The lowest BCUT2D eigenvalue weighted by molar-refractivity contribution is -0.142. The van der Waals surface area contributed by atoms with Crippen LogP contribution in [-0.4, -0.2) is 64.6 Å². The summed E-state index contributed by atoms with van der Waals surface area (Å²) in [6.07, 6.45) is 3.50. The average Bonchev–Trinajstić information content (AvgIpc) is 3.15. The van der Waals surface area contributed by atoms with E-state index in [1.165, 1.54) is 12.0 Å². The van der Waals surface area contributed by atoms with E-state index in [0.717, 1.165) is 16.6 Å². The van der Waals surface area contributed by atoms with Crippen LogP contribution in [-0.2, 0) is 16.1 Å². The summed E-state index contributed by atoms with van der Waals surface area (Å²) in [5, 5.41) is 4.40. The summed E-state index contributed by atoms with van der Waals surface area (Å²) >= 11 is 5.89. The highest BCUT2D eigenvalue weighted by Gasteiger charge is 2.37. The largest absolute Gasteiger partial charge is 0.382 e. The van der Waals surface area contributed by atoms with Crippen LogP contribution < -0.4 is 5.32 Å². The van der Waals surface area contributed by atoms with Crippen LogP contribution in [0.2, 0.25) is 5.02 Å². The van der Waals surface area contributed by atoms with Crippen molar-refractivity contribution >= 4 is 40.1 Å². The molecule has 1 aromatic carbocycles. The first-order valence-corrected chi connectivity index (χ1v) is 9.95. The maximum Gasteiger partial charge on any atom is 0.322 e. The number of aromatic nitrogens is 2. The number of aromatic amines is 1. The number of ether oxygens (including phenoxy) is 1. The van der Waals surface area contributed by atoms with Crippen molar-refractivity contribution in [2.24, 2.45) is 0 Å². The lowest BCUT2D eigenvalue weighted by atomic mass is 10.1. The van der Waals surface area contributed by atoms with Crippen LogP contribution in [0.5, 0.6) is 0 Å². The molecule has 1 saturated heterocycles. The van der Waals surface area contributed by atoms with Crippen LogP contribution in [0.4, 0.5) is 10.5 Å². The highest BCUT2D eigenvalue weighted by molar-refractivity contribution is 6.30. The van der Waals surface area contributed by atoms with Gasteiger partial charge in [-0.25, -0.2) is 4.79 Å². The summed E-state index contributed by atoms with van der Waals surface area (Å²) in [6.45, 7) is 1.39. The molecule has 0 aliphatic carbocycles. The second-order valence-electron chi connectivity index (χ2n) is 7.12. The first kappa shape index (κ1) is 20.2. The van der Waals surface area contributed by atoms with Gasteiger partial charge < -0.3 is 24.8 Å². The number of H-pyrrole nitrogens is 1. The van der Waals surface area contributed by atoms with E-state index < -0.39 is 6.04 Å². The Kier molecular flexibility index (Phi) is 5.87. The Bertz CT molecular complexity index is 1020. The van der Waals surface area contributed by atoms with Crippen LogP contribution in [0.25, 0.3) is 10.9 Å². The minimum absolute atomic E-state index is 0.125. The Balaban J connectivity index is 1.47. The van der Waals surface area contributed by atoms with E-state index in [1.54, 1.807) is 41.6 Å². The predicted molar refractivity (Wildman–Crippen MR) is 114 cm³/mol. The average molecular weight is 428 g/mol. The minimum Gasteiger partial charge on any atom is -0.382 e. The standard InChI is InChI=1S/C21H22ClN5O3/c1-30-13-19-20(28)26(12-17-10-14-11-23-7-6-18(14)24-17)8-9-27(19)21(29)25-16-4-2-15(22)3-5-16/h2-7,10-11,19,24H,8-9,12-13H2,1H3,(H,25,29)/t19-/m0/s1. The summed E-state index contributed by atoms with van der Waals surface area (Å²) in [4.78, 5) is 36.6. The summed E-state index contributed by atoms with van der Waals surface area (Å²) in [5.74, 6) is -0.147. The fourth-order valence-corrected chi connectivity index (χ4v) is 3.74. The van der Waals surface area contributed by atoms with Crippen LogP contribution in [0.3, 0.4) is 0 Å². The molecule has 3 aromatic rings. The van der Waals surface area contributed by atoms with Gasteiger partial charge in [-0.2, -0.15) is 0 Å². The van der Waals surface area contributed by atoms with Crippen LogP contribution in [0.1, 0.15) is 5.69 Å². The number of hydrogen-bond donors (Lipinski definition) is 2. The van der Waals surface area contributed by atoms with Crippen molar-refractivity contribution in [2.45, 2.75) is 12.6 Å². The molecular weight excluding hydrogens is 406 g/mol. The van der Waals surface area contributed by atoms with Gasteiger partial charge in [0.05, 0.1) is 13.2 Å². The van der Waals surface area contributed by atoms with Gasteiger partial charge in [-0.05, 0) is 36.4 Å². The molecule has 1 atom stereocenters. The Labute approximate surface area is 178 Å². The van der Waals surface area contributed by atoms with Gasteiger partial charge in [-0.3, -0.25) is 9.78 Å². The van der Waals surface area contributed by atoms with E-state index >= 15 is 0 Å². The number of anilines is 1. The summed E-state index contributed by atoms with van der Waals surface area (Å²) in [6, 6.07) is 9.67. The molecule has 0 saturated carbocycles. The van der Waals surface area contributed by atoms with Crippen molar-refractivity contribution in [3.8, 4) is 0 Å². The maximum absolute atomic E-state index is 13.1. The van der Waals surface area contributed by atoms with E-state index in [0.29, 0.717) is 30.3 Å². The number of halogens is 1. The van der Waals surface area contributed by atoms with Crippen molar-refractivity contribution < 1.29 is 14.3 Å². The minimum atomic E-state index is -0.693. The number of carbonyl (C=O) groups excluding carboxylic acids is 2. The monoisotopic (exact) mass is 427 g/mol. The third-order valence-corrected chi connectivity index (χ3v) is 5.35. The van der Waals surface area contributed by atoms with Crippen LogP contribution in [0.15, 0.2) is 48.8 Å². The van der Waals surface area contributed by atoms with E-state index in [1.807, 2.05) is 12.1 Å². The molecule has 4 rings (SSSR count). The molecule has 0 unspecified atom stereocenters. The number of nitrogens with zero attached hydrogens (tertiary/aromatic N) is 3. The van der Waals surface area contributed by atoms with Crippen LogP contribution >= 0.6 is 11.6 Å². The Morgan fingerprint density at radius 1 is 1.30 bits per heavy atom. The molecule has 2 N–H and O–H groups in total. The highest BCUT2D eigenvalue weighted by Crippen LogP contribution is 2.20. The molecule has 3 heterocycles. The molecule has 8 nitrogen and oxygen atoms in total. The molecule has 30 heavy (non-hydrogen) atoms. The number of carbonyl (C=O) groups is 2. The summed E-state index contributed by atoms with van der Waals surface area (Å²) in [5.41, 5.74) is 2.51. The number of benzene rings is 1. The number of rotatable bonds is 5. The third kappa shape index (κ3) is 4.24. The van der Waals surface area contributed by atoms with Gasteiger partial charge in [0.2, 0.25) is 5.91 Å². The topological polar surface area (TPSA) is 90.6 Å². The first-order chi connectivity index (χ1) is 14.5. The van der Waals surface area contributed by atoms with Gasteiger partial charge in [0.1, 0.15) is 6.04 Å². The zero-order valence-electron chi connectivity index (χ0n) is 16.5. The lowest BCUT2D eigenvalue weighted by Crippen LogP contribution is -2.60. The zero-order chi connectivity index (χ0) is 21.1. The normalized spacial score (nSPS) is 16.9. The SMILES string of the molecule is COC[C@H]1C(=O)N(Cc2cc3cnccc3[nH]2)CCN1C(=O)Nc1ccc(Cl)cc1. The third-order valence-electron chi connectivity index (χ3n) is 5.10. The first-order valence-electron chi connectivity index (χ1n) is 9.57. The molecule has 9 heteroatoms. The van der Waals surface area contributed by atoms with Crippen molar-refractivity contribution in [2.75, 3.05) is 32.1 Å². The van der Waals surface area contributed by atoms with E-state index in [2.05, 4.69) is 15.3 Å². The van der Waals surface area contributed by atoms with Gasteiger partial charge in [0, 0.05) is 59.9 Å². The predicted octanol–water partition coefficient (Wildman–Crippen LogP) is 3.11. The van der Waals surface area contributed by atoms with Gasteiger partial charge in [0.15, 0.2) is 0 Å². The second-order valence-corrected chi connectivity index (χ2v) is 7.56. The van der Waals surface area contributed by atoms with Crippen molar-refractivity contribution in [1.29, 1.82) is 0 Å². The van der Waals surface area contributed by atoms with E-state index in [9.17, 15) is 9.59 Å². The number of amides is 3. The number of hydrogen-bond acceptors (Lipinski definition) is 4. The van der Waals surface area contributed by atoms with Gasteiger partial charge in [0.25, 0.3) is 0 Å². The maximum atomic E-state index is 13.1. The molecule has 3 amide bonds. The molecule has 0 radical (unpaired) electrons. The number of nitrogens with one attached hydrogen (secondary N) is 2. The molecule has 1 fully saturated rings. The quantitative estimate of drug-likeness (QED) is 0.654. The molecule has 0 spiro atoms. The molecule has 156 valence electrons. The summed E-state index contributed by atoms with van der Waals surface area (Å²) in [7, 11) is 1.52. The molecule has 1 aliphatic rings. The Morgan fingerprint density at radius 3 is 2.83 bits per heavy atom. The Hall–Kier alpha value is -3.10. The Morgan fingerprint density at radius 2 is 2.10 bits per heavy atom. The number of fused-ring (bicyclic) bond motifs is 1. The number of piperazine rings is 1. The molecule has 1 aliphatic heterocycles. The fraction of sp³-hybridized carbons (Fsp3) is 0.286. The van der Waals surface area contributed by atoms with E-state index in [-0.39, 0.29) is 18.5 Å². The van der Waals surface area contributed by atoms with Gasteiger partial charge in [-0.15, -0.1) is 0 Å². The number of pyridine rings is 1. The molecule has 0 bridgehead atoms. The lowest BCUT2D eigenvalue weighted by Gasteiger charge is -2.40. The summed E-state index contributed by atoms with van der Waals surface area (Å²) < 4.78 is 5.24. The second kappa shape index (κ2) is 8.73. The van der Waals surface area contributed by atoms with E-state index in [4.69, 9.17) is 16.3 Å². The van der Waals surface area contributed by atoms with Gasteiger partial charge >= 0.3 is 6.03 Å². The zero-order valence-corrected chi connectivity index (χ0v) is 17.2. The fourth-order valence-electron chi connectivity index (χ4n) is 3.61. The van der Waals surface area contributed by atoms with Crippen LogP contribution in [0, 0.1) is 0 Å². The smallest absolute Gasteiger partial charge is 0.322 e. The van der Waals surface area contributed by atoms with Crippen molar-refractivity contribution in [3.63, 3.8) is 0 Å².